The topological polar surface area (TPSA) is 65.1 Å². The summed E-state index contributed by atoms with van der Waals surface area (Å²) in [5, 5.41) is 0. The molecule has 0 saturated carbocycles. The molecule has 1 aliphatic rings. The van der Waals surface area contributed by atoms with Gasteiger partial charge in [0.2, 0.25) is 0 Å². The number of hydrogen-bond donors (Lipinski definition) is 0. The molecule has 36 heavy (non-hydrogen) atoms. The number of carbonyl (C=O) groups excluding carboxylic acids is 2. The summed E-state index contributed by atoms with van der Waals surface area (Å²) in [6, 6.07) is 14.0. The number of hydrogen-bond acceptors (Lipinski definition) is 7. The minimum Gasteiger partial charge on any atom is -0.493 e. The third kappa shape index (κ3) is 7.34. The Kier molecular flexibility index (Phi) is 9.56. The molecule has 1 heterocycles. The van der Waals surface area contributed by atoms with Gasteiger partial charge in [0.05, 0.1) is 18.6 Å². The van der Waals surface area contributed by atoms with Gasteiger partial charge in [-0.15, -0.1) is 0 Å². The molecule has 8 heteroatoms. The molecule has 0 N–H and O–H groups in total. The highest BCUT2D eigenvalue weighted by Crippen LogP contribution is 2.35. The van der Waals surface area contributed by atoms with Crippen molar-refractivity contribution in [2.45, 2.75) is 52.6 Å². The second kappa shape index (κ2) is 12.4. The maximum absolute atomic E-state index is 12.9. The third-order valence-electron chi connectivity index (χ3n) is 5.64. The van der Waals surface area contributed by atoms with Gasteiger partial charge in [-0.2, -0.15) is 0 Å². The largest absolute Gasteiger partial charge is 0.493 e. The molecule has 3 rings (SSSR count). The van der Waals surface area contributed by atoms with Crippen molar-refractivity contribution >= 4 is 46.3 Å². The zero-order chi connectivity index (χ0) is 26.3. The van der Waals surface area contributed by atoms with E-state index in [-0.39, 0.29) is 23.7 Å². The molecule has 192 valence electrons. The van der Waals surface area contributed by atoms with Gasteiger partial charge < -0.3 is 14.2 Å². The van der Waals surface area contributed by atoms with Crippen LogP contribution in [0.4, 0.5) is 0 Å². The molecule has 1 saturated heterocycles. The summed E-state index contributed by atoms with van der Waals surface area (Å²) in [5.41, 5.74) is 3.26. The first-order chi connectivity index (χ1) is 17.1. The highest BCUT2D eigenvalue weighted by molar-refractivity contribution is 8.26. The second-order valence-electron chi connectivity index (χ2n) is 9.39. The average molecular weight is 528 g/mol. The van der Waals surface area contributed by atoms with E-state index in [1.165, 1.54) is 22.2 Å². The minimum atomic E-state index is -0.269. The van der Waals surface area contributed by atoms with E-state index in [1.54, 1.807) is 20.1 Å². The molecule has 0 radical (unpaired) electrons. The van der Waals surface area contributed by atoms with E-state index in [9.17, 15) is 9.59 Å². The van der Waals surface area contributed by atoms with E-state index < -0.39 is 0 Å². The molecule has 1 aliphatic heterocycles. The summed E-state index contributed by atoms with van der Waals surface area (Å²) in [6.45, 7) is 9.49. The predicted molar refractivity (Wildman–Crippen MR) is 148 cm³/mol. The molecule has 6 nitrogen and oxygen atoms in total. The standard InChI is InChI=1S/C28H33NO5S2/c1-6-33-25(30)8-7-15-29-26(31)24(36-27(29)35)17-20-11-14-22(23(16-20)32-5)34-18-19-9-12-21(13-10-19)28(2,3)4/h9-14,16-17H,6-8,15,18H2,1-5H3/b24-17+. The summed E-state index contributed by atoms with van der Waals surface area (Å²) >= 11 is 6.64. The van der Waals surface area contributed by atoms with Crippen LogP contribution in [0.2, 0.25) is 0 Å². The number of esters is 1. The molecular formula is C28H33NO5S2. The molecule has 0 aliphatic carbocycles. The van der Waals surface area contributed by atoms with Crippen LogP contribution < -0.4 is 9.47 Å². The Balaban J connectivity index is 1.64. The number of thioether (sulfide) groups is 1. The first kappa shape index (κ1) is 27.7. The zero-order valence-electron chi connectivity index (χ0n) is 21.5. The van der Waals surface area contributed by atoms with E-state index in [0.717, 1.165) is 11.1 Å². The SMILES string of the molecule is CCOC(=O)CCCN1C(=O)/C(=C\c2ccc(OCc3ccc(C(C)(C)C)cc3)c(OC)c2)SC1=S. The third-order valence-corrected chi connectivity index (χ3v) is 7.02. The van der Waals surface area contributed by atoms with Crippen molar-refractivity contribution in [1.29, 1.82) is 0 Å². The summed E-state index contributed by atoms with van der Waals surface area (Å²) in [4.78, 5) is 26.5. The second-order valence-corrected chi connectivity index (χ2v) is 11.1. The first-order valence-electron chi connectivity index (χ1n) is 11.9. The monoisotopic (exact) mass is 527 g/mol. The highest BCUT2D eigenvalue weighted by atomic mass is 32.2. The molecule has 0 aromatic heterocycles. The van der Waals surface area contributed by atoms with Crippen LogP contribution in [-0.2, 0) is 26.3 Å². The van der Waals surface area contributed by atoms with Crippen LogP contribution in [0.15, 0.2) is 47.4 Å². The van der Waals surface area contributed by atoms with Gasteiger partial charge in [0.1, 0.15) is 10.9 Å². The quantitative estimate of drug-likeness (QED) is 0.210. The van der Waals surface area contributed by atoms with E-state index in [4.69, 9.17) is 26.4 Å². The van der Waals surface area contributed by atoms with Crippen molar-refractivity contribution in [3.63, 3.8) is 0 Å². The summed E-state index contributed by atoms with van der Waals surface area (Å²) in [6.07, 6.45) is 2.54. The fourth-order valence-electron chi connectivity index (χ4n) is 3.61. The predicted octanol–water partition coefficient (Wildman–Crippen LogP) is 6.12. The molecule has 1 fully saturated rings. The number of rotatable bonds is 10. The fourth-order valence-corrected chi connectivity index (χ4v) is 4.92. The number of methoxy groups -OCH3 is 1. The maximum atomic E-state index is 12.9. The molecule has 2 aromatic carbocycles. The van der Waals surface area contributed by atoms with E-state index in [1.807, 2.05) is 18.2 Å². The van der Waals surface area contributed by atoms with Gasteiger partial charge in [0, 0.05) is 13.0 Å². The number of thiocarbonyl (C=S) groups is 1. The fraction of sp³-hybridized carbons (Fsp3) is 0.393. The average Bonchev–Trinajstić information content (AvgIpc) is 3.10. The number of amides is 1. The van der Waals surface area contributed by atoms with Crippen molar-refractivity contribution in [3.8, 4) is 11.5 Å². The number of benzene rings is 2. The van der Waals surface area contributed by atoms with Gasteiger partial charge >= 0.3 is 5.97 Å². The van der Waals surface area contributed by atoms with E-state index in [2.05, 4.69) is 45.0 Å². The van der Waals surface area contributed by atoms with Gasteiger partial charge in [0.15, 0.2) is 11.5 Å². The number of carbonyl (C=O) groups is 2. The number of ether oxygens (including phenoxy) is 3. The molecule has 0 unspecified atom stereocenters. The van der Waals surface area contributed by atoms with Crippen molar-refractivity contribution in [2.75, 3.05) is 20.3 Å². The maximum Gasteiger partial charge on any atom is 0.305 e. The molecular weight excluding hydrogens is 494 g/mol. The van der Waals surface area contributed by atoms with Crippen molar-refractivity contribution < 1.29 is 23.8 Å². The Hall–Kier alpha value is -2.84. The highest BCUT2D eigenvalue weighted by Gasteiger charge is 2.31. The van der Waals surface area contributed by atoms with Gasteiger partial charge in [-0.3, -0.25) is 14.5 Å². The van der Waals surface area contributed by atoms with Crippen LogP contribution in [-0.4, -0.2) is 41.4 Å². The Labute approximate surface area is 223 Å². The van der Waals surface area contributed by atoms with Crippen LogP contribution >= 0.6 is 24.0 Å². The number of nitrogens with zero attached hydrogens (tertiary/aromatic N) is 1. The Morgan fingerprint density at radius 3 is 2.47 bits per heavy atom. The van der Waals surface area contributed by atoms with E-state index in [0.29, 0.717) is 46.9 Å². The summed E-state index contributed by atoms with van der Waals surface area (Å²) in [5.74, 6) is 0.780. The lowest BCUT2D eigenvalue weighted by Gasteiger charge is -2.19. The molecule has 0 atom stereocenters. The summed E-state index contributed by atoms with van der Waals surface area (Å²) in [7, 11) is 1.59. The first-order valence-corrected chi connectivity index (χ1v) is 13.2. The summed E-state index contributed by atoms with van der Waals surface area (Å²) < 4.78 is 17.0. The normalized spacial score (nSPS) is 14.9. The van der Waals surface area contributed by atoms with Gasteiger partial charge in [-0.25, -0.2) is 0 Å². The minimum absolute atomic E-state index is 0.106. The lowest BCUT2D eigenvalue weighted by Crippen LogP contribution is -2.29. The van der Waals surface area contributed by atoms with Gasteiger partial charge in [0.25, 0.3) is 5.91 Å². The van der Waals surface area contributed by atoms with Gasteiger partial charge in [-0.05, 0) is 53.7 Å². The Morgan fingerprint density at radius 1 is 1.11 bits per heavy atom. The van der Waals surface area contributed by atoms with Crippen molar-refractivity contribution in [1.82, 2.24) is 4.90 Å². The van der Waals surface area contributed by atoms with Crippen LogP contribution in [0.25, 0.3) is 6.08 Å². The van der Waals surface area contributed by atoms with E-state index >= 15 is 0 Å². The van der Waals surface area contributed by atoms with Crippen LogP contribution in [0.5, 0.6) is 11.5 Å². The van der Waals surface area contributed by atoms with Crippen LogP contribution in [0.1, 0.15) is 57.2 Å². The Bertz CT molecular complexity index is 1140. The Morgan fingerprint density at radius 2 is 1.83 bits per heavy atom. The van der Waals surface area contributed by atoms with Crippen molar-refractivity contribution in [3.05, 3.63) is 64.1 Å². The lowest BCUT2D eigenvalue weighted by molar-refractivity contribution is -0.143. The van der Waals surface area contributed by atoms with Crippen LogP contribution in [0.3, 0.4) is 0 Å². The molecule has 0 spiro atoms. The van der Waals surface area contributed by atoms with Crippen LogP contribution in [0, 0.1) is 0 Å². The van der Waals surface area contributed by atoms with Gasteiger partial charge in [-0.1, -0.05) is 75.1 Å². The molecule has 0 bridgehead atoms. The lowest BCUT2D eigenvalue weighted by atomic mass is 9.87. The smallest absolute Gasteiger partial charge is 0.305 e. The molecule has 2 aromatic rings. The van der Waals surface area contributed by atoms with Crippen molar-refractivity contribution in [2.24, 2.45) is 0 Å². The molecule has 1 amide bonds. The zero-order valence-corrected chi connectivity index (χ0v) is 23.1.